The number of nitrogens with one attached hydrogen (secondary N) is 2. The molecule has 0 unspecified atom stereocenters. The maximum Gasteiger partial charge on any atom is 0.259 e. The Hall–Kier alpha value is -2.18. The van der Waals surface area contributed by atoms with Crippen LogP contribution in [0.1, 0.15) is 17.3 Å². The van der Waals surface area contributed by atoms with Crippen LogP contribution in [0.5, 0.6) is 5.75 Å². The topological polar surface area (TPSA) is 67.4 Å². The second-order valence-electron chi connectivity index (χ2n) is 4.90. The smallest absolute Gasteiger partial charge is 0.259 e. The number of benzene rings is 2. The van der Waals surface area contributed by atoms with Crippen molar-refractivity contribution in [1.29, 1.82) is 0 Å². The van der Waals surface area contributed by atoms with E-state index in [1.165, 1.54) is 14.0 Å². The van der Waals surface area contributed by atoms with Gasteiger partial charge in [-0.15, -0.1) is 11.8 Å². The second kappa shape index (κ2) is 8.08. The highest BCUT2D eigenvalue weighted by atomic mass is 35.5. The largest absolute Gasteiger partial charge is 0.496 e. The van der Waals surface area contributed by atoms with Gasteiger partial charge in [0.2, 0.25) is 5.91 Å². The standard InChI is InChI=1S/C17H17ClN2O3S/c1-10(21)19-15-7-4-11(8-14(15)18)20-17(22)13-6-5-12(24-3)9-16(13)23-2/h4-9H,1-3H3,(H,19,21)(H,20,22). The molecule has 0 heterocycles. The van der Waals surface area contributed by atoms with E-state index in [1.54, 1.807) is 36.0 Å². The molecule has 2 aromatic carbocycles. The van der Waals surface area contributed by atoms with Crippen LogP contribution in [0.3, 0.4) is 0 Å². The van der Waals surface area contributed by atoms with Gasteiger partial charge in [-0.05, 0) is 42.7 Å². The molecule has 2 N–H and O–H groups in total. The Bertz CT molecular complexity index is 780. The van der Waals surface area contributed by atoms with Gasteiger partial charge in [0.05, 0.1) is 23.4 Å². The molecule has 2 amide bonds. The number of hydrogen-bond acceptors (Lipinski definition) is 4. The predicted molar refractivity (Wildman–Crippen MR) is 98.5 cm³/mol. The van der Waals surface area contributed by atoms with Crippen LogP contribution in [0, 0.1) is 0 Å². The number of ether oxygens (including phenoxy) is 1. The molecule has 2 aromatic rings. The summed E-state index contributed by atoms with van der Waals surface area (Å²) >= 11 is 7.68. The number of thioether (sulfide) groups is 1. The Morgan fingerprint density at radius 1 is 1.12 bits per heavy atom. The number of rotatable bonds is 5. The summed E-state index contributed by atoms with van der Waals surface area (Å²) in [5, 5.41) is 5.72. The minimum Gasteiger partial charge on any atom is -0.496 e. The molecule has 0 aliphatic heterocycles. The minimum absolute atomic E-state index is 0.215. The number of halogens is 1. The third kappa shape index (κ3) is 4.43. The van der Waals surface area contributed by atoms with Crippen LogP contribution >= 0.6 is 23.4 Å². The van der Waals surface area contributed by atoms with Gasteiger partial charge in [-0.2, -0.15) is 0 Å². The molecule has 126 valence electrons. The van der Waals surface area contributed by atoms with E-state index in [2.05, 4.69) is 10.6 Å². The molecule has 5 nitrogen and oxygen atoms in total. The Kier molecular flexibility index (Phi) is 6.11. The summed E-state index contributed by atoms with van der Waals surface area (Å²) in [6, 6.07) is 10.3. The molecule has 0 saturated heterocycles. The highest BCUT2D eigenvalue weighted by molar-refractivity contribution is 7.98. The molecule has 0 atom stereocenters. The van der Waals surface area contributed by atoms with Crippen molar-refractivity contribution in [1.82, 2.24) is 0 Å². The van der Waals surface area contributed by atoms with Crippen molar-refractivity contribution in [2.45, 2.75) is 11.8 Å². The molecule has 24 heavy (non-hydrogen) atoms. The van der Waals surface area contributed by atoms with Crippen molar-refractivity contribution in [2.75, 3.05) is 24.0 Å². The van der Waals surface area contributed by atoms with Crippen LogP contribution in [-0.4, -0.2) is 25.2 Å². The van der Waals surface area contributed by atoms with E-state index < -0.39 is 0 Å². The van der Waals surface area contributed by atoms with Crippen molar-refractivity contribution in [2.24, 2.45) is 0 Å². The first kappa shape index (κ1) is 18.2. The molecule has 0 saturated carbocycles. The maximum atomic E-state index is 12.5. The van der Waals surface area contributed by atoms with Gasteiger partial charge in [-0.25, -0.2) is 0 Å². The lowest BCUT2D eigenvalue weighted by Crippen LogP contribution is -2.13. The molecule has 0 radical (unpaired) electrons. The Labute approximate surface area is 149 Å². The summed E-state index contributed by atoms with van der Waals surface area (Å²) in [4.78, 5) is 24.5. The van der Waals surface area contributed by atoms with Gasteiger partial charge in [0.25, 0.3) is 5.91 Å². The molecular formula is C17H17ClN2O3S. The zero-order valence-electron chi connectivity index (χ0n) is 13.5. The third-order valence-electron chi connectivity index (χ3n) is 3.19. The van der Waals surface area contributed by atoms with E-state index >= 15 is 0 Å². The molecule has 2 rings (SSSR count). The summed E-state index contributed by atoms with van der Waals surface area (Å²) in [6.07, 6.45) is 1.95. The Morgan fingerprint density at radius 2 is 1.88 bits per heavy atom. The monoisotopic (exact) mass is 364 g/mol. The zero-order chi connectivity index (χ0) is 17.7. The lowest BCUT2D eigenvalue weighted by atomic mass is 10.1. The SMILES string of the molecule is COc1cc(SC)ccc1C(=O)Nc1ccc(NC(C)=O)c(Cl)c1. The molecule has 7 heteroatoms. The zero-order valence-corrected chi connectivity index (χ0v) is 15.0. The first-order valence-electron chi connectivity index (χ1n) is 7.05. The number of anilines is 2. The summed E-state index contributed by atoms with van der Waals surface area (Å²) in [6.45, 7) is 1.40. The van der Waals surface area contributed by atoms with E-state index in [-0.39, 0.29) is 11.8 Å². The summed E-state index contributed by atoms with van der Waals surface area (Å²) in [7, 11) is 1.52. The summed E-state index contributed by atoms with van der Waals surface area (Å²) < 4.78 is 5.29. The number of carbonyl (C=O) groups excluding carboxylic acids is 2. The molecule has 0 spiro atoms. The molecule has 0 aliphatic rings. The number of carbonyl (C=O) groups is 2. The van der Waals surface area contributed by atoms with E-state index in [9.17, 15) is 9.59 Å². The average Bonchev–Trinajstić information content (AvgIpc) is 2.56. The summed E-state index contributed by atoms with van der Waals surface area (Å²) in [5.74, 6) is -0.0181. The molecule has 0 aromatic heterocycles. The van der Waals surface area contributed by atoms with Crippen molar-refractivity contribution in [3.8, 4) is 5.75 Å². The normalized spacial score (nSPS) is 10.2. The summed E-state index contributed by atoms with van der Waals surface area (Å²) in [5.41, 5.74) is 1.44. The van der Waals surface area contributed by atoms with Gasteiger partial charge in [-0.1, -0.05) is 11.6 Å². The highest BCUT2D eigenvalue weighted by Crippen LogP contribution is 2.28. The van der Waals surface area contributed by atoms with Crippen LogP contribution in [-0.2, 0) is 4.79 Å². The van der Waals surface area contributed by atoms with Crippen LogP contribution < -0.4 is 15.4 Å². The quantitative estimate of drug-likeness (QED) is 0.777. The van der Waals surface area contributed by atoms with Crippen LogP contribution in [0.2, 0.25) is 5.02 Å². The van der Waals surface area contributed by atoms with Gasteiger partial charge >= 0.3 is 0 Å². The van der Waals surface area contributed by atoms with Crippen LogP contribution in [0.4, 0.5) is 11.4 Å². The van der Waals surface area contributed by atoms with Crippen LogP contribution in [0.25, 0.3) is 0 Å². The molecular weight excluding hydrogens is 348 g/mol. The van der Waals surface area contributed by atoms with E-state index in [0.717, 1.165) is 4.90 Å². The van der Waals surface area contributed by atoms with Gasteiger partial charge < -0.3 is 15.4 Å². The fourth-order valence-corrected chi connectivity index (χ4v) is 2.73. The fourth-order valence-electron chi connectivity index (χ4n) is 2.07. The van der Waals surface area contributed by atoms with Gasteiger partial charge in [0.15, 0.2) is 0 Å². The Morgan fingerprint density at radius 3 is 2.46 bits per heavy atom. The van der Waals surface area contributed by atoms with E-state index in [4.69, 9.17) is 16.3 Å². The second-order valence-corrected chi connectivity index (χ2v) is 6.18. The lowest BCUT2D eigenvalue weighted by molar-refractivity contribution is -0.114. The lowest BCUT2D eigenvalue weighted by Gasteiger charge is -2.12. The molecule has 0 aliphatic carbocycles. The molecule has 0 fully saturated rings. The van der Waals surface area contributed by atoms with Crippen molar-refractivity contribution in [3.05, 3.63) is 47.0 Å². The number of amides is 2. The average molecular weight is 365 g/mol. The fraction of sp³-hybridized carbons (Fsp3) is 0.176. The molecule has 0 bridgehead atoms. The van der Waals surface area contributed by atoms with E-state index in [0.29, 0.717) is 27.7 Å². The van der Waals surface area contributed by atoms with Gasteiger partial charge in [0.1, 0.15) is 5.75 Å². The van der Waals surface area contributed by atoms with E-state index in [1.807, 2.05) is 18.4 Å². The maximum absolute atomic E-state index is 12.5. The number of hydrogen-bond donors (Lipinski definition) is 2. The van der Waals surface area contributed by atoms with Gasteiger partial charge in [-0.3, -0.25) is 9.59 Å². The minimum atomic E-state index is -0.303. The predicted octanol–water partition coefficient (Wildman–Crippen LogP) is 4.28. The van der Waals surface area contributed by atoms with Crippen molar-refractivity contribution >= 4 is 46.6 Å². The van der Waals surface area contributed by atoms with Crippen molar-refractivity contribution < 1.29 is 14.3 Å². The Balaban J connectivity index is 2.21. The van der Waals surface area contributed by atoms with Gasteiger partial charge in [0, 0.05) is 17.5 Å². The van der Waals surface area contributed by atoms with Crippen molar-refractivity contribution in [3.63, 3.8) is 0 Å². The first-order valence-corrected chi connectivity index (χ1v) is 8.65. The van der Waals surface area contributed by atoms with Crippen LogP contribution in [0.15, 0.2) is 41.3 Å². The third-order valence-corrected chi connectivity index (χ3v) is 4.23. The number of methoxy groups -OCH3 is 1. The first-order chi connectivity index (χ1) is 11.4. The highest BCUT2D eigenvalue weighted by Gasteiger charge is 2.14.